The highest BCUT2D eigenvalue weighted by molar-refractivity contribution is 5.94. The molecule has 27 heavy (non-hydrogen) atoms. The quantitative estimate of drug-likeness (QED) is 0.441. The van der Waals surface area contributed by atoms with E-state index in [1.165, 1.54) is 20.3 Å². The molecule has 1 aliphatic heterocycles. The highest BCUT2D eigenvalue weighted by Crippen LogP contribution is 2.46. The molecule has 0 spiro atoms. The lowest BCUT2D eigenvalue weighted by molar-refractivity contribution is -0.165. The van der Waals surface area contributed by atoms with Gasteiger partial charge in [0.05, 0.1) is 26.7 Å². The Balaban J connectivity index is 2.67. The van der Waals surface area contributed by atoms with E-state index in [0.717, 1.165) is 5.56 Å². The molecule has 1 heterocycles. The molecule has 1 fully saturated rings. The van der Waals surface area contributed by atoms with Gasteiger partial charge in [-0.15, -0.1) is 6.58 Å². The zero-order valence-electron chi connectivity index (χ0n) is 15.8. The predicted octanol–water partition coefficient (Wildman–Crippen LogP) is 1.79. The van der Waals surface area contributed by atoms with E-state index in [-0.39, 0.29) is 13.0 Å². The Bertz CT molecular complexity index is 704. The number of rotatable bonds is 7. The van der Waals surface area contributed by atoms with Crippen LogP contribution in [0.15, 0.2) is 43.0 Å². The van der Waals surface area contributed by atoms with Crippen LogP contribution in [0.25, 0.3) is 0 Å². The summed E-state index contributed by atoms with van der Waals surface area (Å²) in [6.07, 6.45) is 1.60. The second-order valence-electron chi connectivity index (χ2n) is 6.27. The van der Waals surface area contributed by atoms with Gasteiger partial charge in [-0.1, -0.05) is 36.4 Å². The van der Waals surface area contributed by atoms with Crippen LogP contribution in [0, 0.1) is 11.8 Å². The second kappa shape index (κ2) is 8.81. The van der Waals surface area contributed by atoms with Gasteiger partial charge in [0.1, 0.15) is 11.5 Å². The van der Waals surface area contributed by atoms with Crippen molar-refractivity contribution in [3.63, 3.8) is 0 Å². The molecule has 0 amide bonds. The number of carbonyl (C=O) groups is 3. The van der Waals surface area contributed by atoms with Crippen molar-refractivity contribution in [2.75, 3.05) is 20.8 Å². The highest BCUT2D eigenvalue weighted by Gasteiger charge is 2.64. The van der Waals surface area contributed by atoms with Gasteiger partial charge < -0.3 is 14.2 Å². The summed E-state index contributed by atoms with van der Waals surface area (Å²) in [6.45, 7) is 5.51. The molecular weight excluding hydrogens is 350 g/mol. The average molecular weight is 375 g/mol. The van der Waals surface area contributed by atoms with Gasteiger partial charge in [0.15, 0.2) is 0 Å². The maximum atomic E-state index is 12.9. The molecule has 1 N–H and O–H groups in total. The fourth-order valence-corrected chi connectivity index (χ4v) is 3.73. The van der Waals surface area contributed by atoms with E-state index in [9.17, 15) is 14.4 Å². The van der Waals surface area contributed by atoms with Crippen molar-refractivity contribution >= 4 is 17.9 Å². The smallest absolute Gasteiger partial charge is 0.327 e. The first-order valence-electron chi connectivity index (χ1n) is 8.73. The number of ether oxygens (including phenoxy) is 3. The summed E-state index contributed by atoms with van der Waals surface area (Å²) in [6, 6.07) is 8.47. The van der Waals surface area contributed by atoms with Crippen LogP contribution in [0.3, 0.4) is 0 Å². The van der Waals surface area contributed by atoms with E-state index in [1.54, 1.807) is 6.92 Å². The lowest BCUT2D eigenvalue weighted by Crippen LogP contribution is -2.56. The summed E-state index contributed by atoms with van der Waals surface area (Å²) in [7, 11) is 2.47. The third-order valence-corrected chi connectivity index (χ3v) is 4.86. The Kier molecular flexibility index (Phi) is 6.74. The van der Waals surface area contributed by atoms with Gasteiger partial charge >= 0.3 is 17.9 Å². The molecule has 0 radical (unpaired) electrons. The Labute approximate surface area is 158 Å². The van der Waals surface area contributed by atoms with Gasteiger partial charge in [-0.05, 0) is 18.9 Å². The molecule has 146 valence electrons. The summed E-state index contributed by atoms with van der Waals surface area (Å²) in [5.41, 5.74) is -0.735. The van der Waals surface area contributed by atoms with Gasteiger partial charge in [-0.2, -0.15) is 0 Å². The normalized spacial score (nSPS) is 26.9. The lowest BCUT2D eigenvalue weighted by Gasteiger charge is -2.31. The van der Waals surface area contributed by atoms with E-state index < -0.39 is 41.3 Å². The van der Waals surface area contributed by atoms with Crippen LogP contribution in [0.2, 0.25) is 0 Å². The molecule has 7 heteroatoms. The van der Waals surface area contributed by atoms with Crippen LogP contribution in [0.5, 0.6) is 0 Å². The van der Waals surface area contributed by atoms with Crippen molar-refractivity contribution in [2.45, 2.75) is 24.9 Å². The summed E-state index contributed by atoms with van der Waals surface area (Å²) < 4.78 is 15.1. The van der Waals surface area contributed by atoms with Crippen LogP contribution >= 0.6 is 0 Å². The van der Waals surface area contributed by atoms with E-state index in [4.69, 9.17) is 14.2 Å². The molecular formula is C20H25NO6. The zero-order chi connectivity index (χ0) is 20.0. The molecule has 1 saturated heterocycles. The number of hydrogen-bond donors (Lipinski definition) is 1. The topological polar surface area (TPSA) is 90.9 Å². The predicted molar refractivity (Wildman–Crippen MR) is 97.5 cm³/mol. The maximum Gasteiger partial charge on any atom is 0.327 e. The summed E-state index contributed by atoms with van der Waals surface area (Å²) in [4.78, 5) is 38.3. The largest absolute Gasteiger partial charge is 0.469 e. The molecule has 4 atom stereocenters. The number of carbonyl (C=O) groups excluding carboxylic acids is 3. The van der Waals surface area contributed by atoms with Crippen molar-refractivity contribution in [1.29, 1.82) is 0 Å². The number of nitrogens with one attached hydrogen (secondary N) is 1. The van der Waals surface area contributed by atoms with Crippen LogP contribution in [-0.2, 0) is 28.6 Å². The van der Waals surface area contributed by atoms with E-state index in [0.29, 0.717) is 0 Å². The summed E-state index contributed by atoms with van der Waals surface area (Å²) in [5.74, 6) is -4.02. The fraction of sp³-hybridized carbons (Fsp3) is 0.450. The minimum atomic E-state index is -1.48. The van der Waals surface area contributed by atoms with Crippen LogP contribution < -0.4 is 5.32 Å². The van der Waals surface area contributed by atoms with Crippen LogP contribution in [0.1, 0.15) is 24.9 Å². The number of benzene rings is 1. The highest BCUT2D eigenvalue weighted by atomic mass is 16.5. The van der Waals surface area contributed by atoms with Crippen molar-refractivity contribution < 1.29 is 28.6 Å². The molecule has 1 aromatic rings. The van der Waals surface area contributed by atoms with Gasteiger partial charge in [0, 0.05) is 6.04 Å². The van der Waals surface area contributed by atoms with E-state index in [2.05, 4.69) is 11.9 Å². The molecule has 1 aliphatic rings. The Morgan fingerprint density at radius 2 is 1.78 bits per heavy atom. The zero-order valence-corrected chi connectivity index (χ0v) is 15.8. The molecule has 0 saturated carbocycles. The monoisotopic (exact) mass is 375 g/mol. The van der Waals surface area contributed by atoms with Gasteiger partial charge in [0.25, 0.3) is 0 Å². The van der Waals surface area contributed by atoms with Gasteiger partial charge in [0.2, 0.25) is 0 Å². The molecule has 4 unspecified atom stereocenters. The molecule has 2 rings (SSSR count). The minimum Gasteiger partial charge on any atom is -0.469 e. The number of hydrogen-bond acceptors (Lipinski definition) is 7. The molecule has 0 aromatic heterocycles. The number of esters is 3. The Hall–Kier alpha value is -2.67. The lowest BCUT2D eigenvalue weighted by atomic mass is 9.76. The minimum absolute atomic E-state index is 0.0857. The molecule has 7 nitrogen and oxygen atoms in total. The van der Waals surface area contributed by atoms with Crippen molar-refractivity contribution in [3.8, 4) is 0 Å². The summed E-state index contributed by atoms with van der Waals surface area (Å²) >= 11 is 0. The third kappa shape index (κ3) is 3.73. The van der Waals surface area contributed by atoms with Crippen LogP contribution in [-0.4, -0.2) is 44.3 Å². The average Bonchev–Trinajstić information content (AvgIpc) is 3.04. The summed E-state index contributed by atoms with van der Waals surface area (Å²) in [5, 5.41) is 3.19. The van der Waals surface area contributed by atoms with Crippen molar-refractivity contribution in [2.24, 2.45) is 11.8 Å². The maximum absolute atomic E-state index is 12.9. The number of methoxy groups -OCH3 is 2. The fourth-order valence-electron chi connectivity index (χ4n) is 3.73. The van der Waals surface area contributed by atoms with Crippen molar-refractivity contribution in [3.05, 3.63) is 48.6 Å². The Morgan fingerprint density at radius 1 is 1.15 bits per heavy atom. The van der Waals surface area contributed by atoms with Crippen molar-refractivity contribution in [1.82, 2.24) is 5.32 Å². The first-order chi connectivity index (χ1) is 13.0. The first kappa shape index (κ1) is 20.6. The third-order valence-electron chi connectivity index (χ3n) is 4.86. The van der Waals surface area contributed by atoms with E-state index >= 15 is 0 Å². The van der Waals surface area contributed by atoms with E-state index in [1.807, 2.05) is 30.3 Å². The second-order valence-corrected chi connectivity index (χ2v) is 6.27. The van der Waals surface area contributed by atoms with Crippen LogP contribution in [0.4, 0.5) is 0 Å². The van der Waals surface area contributed by atoms with Gasteiger partial charge in [-0.25, -0.2) is 0 Å². The molecule has 1 aromatic carbocycles. The molecule has 0 bridgehead atoms. The standard InChI is InChI=1S/C20H25NO6/c1-5-12-20(19(24)27-6-2)15(18(23)26-4)14(17(22)25-3)16(21-20)13-10-8-7-9-11-13/h5,7-11,14-16,21H,1,6,12H2,2-4H3. The first-order valence-corrected chi connectivity index (χ1v) is 8.73. The Morgan fingerprint density at radius 3 is 2.30 bits per heavy atom. The molecule has 0 aliphatic carbocycles. The SMILES string of the molecule is C=CCC1(C(=O)OCC)NC(c2ccccc2)C(C(=O)OC)C1C(=O)OC. The van der Waals surface area contributed by atoms with Gasteiger partial charge in [-0.3, -0.25) is 19.7 Å².